The van der Waals surface area contributed by atoms with Crippen molar-refractivity contribution in [2.75, 3.05) is 26.6 Å². The Labute approximate surface area is 132 Å². The minimum absolute atomic E-state index is 0.0414. The van der Waals surface area contributed by atoms with Crippen molar-refractivity contribution in [3.8, 4) is 0 Å². The van der Waals surface area contributed by atoms with Crippen molar-refractivity contribution in [2.24, 2.45) is 10.2 Å². The maximum absolute atomic E-state index is 8.48. The lowest BCUT2D eigenvalue weighted by molar-refractivity contribution is 0.114. The fourth-order valence-electron chi connectivity index (χ4n) is 1.86. The van der Waals surface area contributed by atoms with Crippen LogP contribution in [0.3, 0.4) is 0 Å². The van der Waals surface area contributed by atoms with Crippen molar-refractivity contribution < 1.29 is 13.3 Å². The molecule has 1 unspecified atom stereocenters. The number of hydrogen-bond donors (Lipinski definition) is 1. The molecule has 1 aromatic rings. The Morgan fingerprint density at radius 1 is 1.04 bits per heavy atom. The van der Waals surface area contributed by atoms with E-state index < -0.39 is 8.80 Å². The third-order valence-corrected chi connectivity index (χ3v) is 5.99. The van der Waals surface area contributed by atoms with E-state index in [4.69, 9.17) is 24.3 Å². The van der Waals surface area contributed by atoms with Crippen LogP contribution in [0.4, 0.5) is 17.8 Å². The molecule has 0 radical (unpaired) electrons. The largest absolute Gasteiger partial charge is 0.523 e. The molecule has 124 valence electrons. The van der Waals surface area contributed by atoms with Crippen LogP contribution in [0.5, 0.6) is 0 Å². The van der Waals surface area contributed by atoms with Gasteiger partial charge in [-0.3, -0.25) is 0 Å². The van der Waals surface area contributed by atoms with Gasteiger partial charge < -0.3 is 18.6 Å². The standard InChI is InChI=1S/C9H16N10O3Si/c1-5-6(23(20-2,21-3)22-4)12-7-13-8(16-18-10)15-9(14-7)17-19-11/h6H,5H2,1-4H3,(H,12,13,14,15). The fourth-order valence-corrected chi connectivity index (χ4v) is 4.02. The molecule has 14 heteroatoms. The summed E-state index contributed by atoms with van der Waals surface area (Å²) in [5, 5.41) is 9.54. The number of nitrogens with zero attached hydrogens (tertiary/aromatic N) is 9. The molecule has 0 saturated heterocycles. The number of aromatic nitrogens is 3. The summed E-state index contributed by atoms with van der Waals surface area (Å²) in [6, 6.07) is 0. The van der Waals surface area contributed by atoms with E-state index in [0.717, 1.165) is 0 Å². The summed E-state index contributed by atoms with van der Waals surface area (Å²) in [7, 11) is 1.42. The summed E-state index contributed by atoms with van der Waals surface area (Å²) in [4.78, 5) is 16.7. The minimum atomic E-state index is -3.02. The van der Waals surface area contributed by atoms with Crippen LogP contribution >= 0.6 is 0 Å². The third kappa shape index (κ3) is 4.50. The average molecular weight is 340 g/mol. The second kappa shape index (κ2) is 8.85. The molecular formula is C9H16N10O3Si. The smallest absolute Gasteiger partial charge is 0.376 e. The Kier molecular flexibility index (Phi) is 7.14. The summed E-state index contributed by atoms with van der Waals surface area (Å²) in [5.74, 6) is -0.428. The number of hydrogen-bond acceptors (Lipinski definition) is 9. The summed E-state index contributed by atoms with van der Waals surface area (Å²) in [6.45, 7) is 1.89. The van der Waals surface area contributed by atoms with Gasteiger partial charge >= 0.3 is 8.80 Å². The zero-order valence-electron chi connectivity index (χ0n) is 13.0. The van der Waals surface area contributed by atoms with Gasteiger partial charge in [-0.2, -0.15) is 9.97 Å². The molecule has 0 bridgehead atoms. The van der Waals surface area contributed by atoms with Gasteiger partial charge in [-0.25, -0.2) is 4.98 Å². The van der Waals surface area contributed by atoms with Crippen molar-refractivity contribution >= 4 is 26.6 Å². The molecule has 0 fully saturated rings. The highest BCUT2D eigenvalue weighted by Crippen LogP contribution is 2.20. The van der Waals surface area contributed by atoms with Crippen LogP contribution in [0.25, 0.3) is 20.9 Å². The quantitative estimate of drug-likeness (QED) is 0.310. The topological polar surface area (TPSA) is 176 Å². The third-order valence-electron chi connectivity index (χ3n) is 2.87. The second-order valence-corrected chi connectivity index (χ2v) is 7.09. The van der Waals surface area contributed by atoms with Crippen molar-refractivity contribution in [2.45, 2.75) is 19.0 Å². The van der Waals surface area contributed by atoms with Crippen LogP contribution in [0.15, 0.2) is 10.2 Å². The lowest BCUT2D eigenvalue weighted by Gasteiger charge is -2.32. The first-order valence-corrected chi connectivity index (χ1v) is 8.17. The van der Waals surface area contributed by atoms with Gasteiger partial charge in [-0.15, -0.1) is 0 Å². The fraction of sp³-hybridized carbons (Fsp3) is 0.667. The molecule has 13 nitrogen and oxygen atoms in total. The van der Waals surface area contributed by atoms with Crippen LogP contribution < -0.4 is 5.32 Å². The van der Waals surface area contributed by atoms with Gasteiger partial charge in [-0.05, 0) is 27.7 Å². The van der Waals surface area contributed by atoms with Crippen molar-refractivity contribution in [1.29, 1.82) is 0 Å². The van der Waals surface area contributed by atoms with Crippen molar-refractivity contribution in [3.05, 3.63) is 20.9 Å². The Balaban J connectivity index is 3.23. The SMILES string of the molecule is CCC(Nc1nc(N=[N+]=[N-])nc(N=[N+]=[N-])n1)[Si](OC)(OC)OC. The summed E-state index contributed by atoms with van der Waals surface area (Å²) in [6.07, 6.45) is 0.571. The molecule has 1 heterocycles. The molecule has 1 aromatic heterocycles. The van der Waals surface area contributed by atoms with E-state index in [9.17, 15) is 0 Å². The molecule has 23 heavy (non-hydrogen) atoms. The number of anilines is 1. The highest BCUT2D eigenvalue weighted by Gasteiger charge is 2.47. The van der Waals surface area contributed by atoms with Gasteiger partial charge in [0.2, 0.25) is 17.8 Å². The van der Waals surface area contributed by atoms with E-state index in [2.05, 4.69) is 40.3 Å². The Morgan fingerprint density at radius 2 is 1.52 bits per heavy atom. The zero-order valence-corrected chi connectivity index (χ0v) is 14.0. The molecule has 0 amide bonds. The van der Waals surface area contributed by atoms with E-state index in [1.165, 1.54) is 21.3 Å². The second-order valence-electron chi connectivity index (χ2n) is 3.96. The Hall–Kier alpha value is -2.47. The van der Waals surface area contributed by atoms with Gasteiger partial charge in [0.15, 0.2) is 0 Å². The molecular weight excluding hydrogens is 324 g/mol. The van der Waals surface area contributed by atoms with Gasteiger partial charge in [-0.1, -0.05) is 6.92 Å². The first-order chi connectivity index (χ1) is 11.1. The Morgan fingerprint density at radius 3 is 1.87 bits per heavy atom. The molecule has 0 aliphatic heterocycles. The van der Waals surface area contributed by atoms with Crippen LogP contribution in [-0.2, 0) is 13.3 Å². The molecule has 0 saturated carbocycles. The highest BCUT2D eigenvalue weighted by atomic mass is 28.4. The maximum Gasteiger partial charge on any atom is 0.523 e. The highest BCUT2D eigenvalue weighted by molar-refractivity contribution is 6.63. The molecule has 0 aliphatic rings. The molecule has 1 rings (SSSR count). The van der Waals surface area contributed by atoms with Crippen LogP contribution in [-0.4, -0.2) is 50.8 Å². The van der Waals surface area contributed by atoms with E-state index in [0.29, 0.717) is 6.42 Å². The predicted octanol–water partition coefficient (Wildman–Crippen LogP) is 2.36. The molecule has 1 atom stereocenters. The van der Waals surface area contributed by atoms with Gasteiger partial charge in [0.1, 0.15) is 0 Å². The maximum atomic E-state index is 8.48. The molecule has 0 aromatic carbocycles. The van der Waals surface area contributed by atoms with Gasteiger partial charge in [0.25, 0.3) is 0 Å². The molecule has 1 N–H and O–H groups in total. The van der Waals surface area contributed by atoms with Crippen LogP contribution in [0.1, 0.15) is 13.3 Å². The Bertz CT molecular complexity index is 581. The van der Waals surface area contributed by atoms with E-state index >= 15 is 0 Å². The molecule has 0 aliphatic carbocycles. The summed E-state index contributed by atoms with van der Waals surface area (Å²) >= 11 is 0. The minimum Gasteiger partial charge on any atom is -0.376 e. The summed E-state index contributed by atoms with van der Waals surface area (Å²) < 4.78 is 16.2. The lowest BCUT2D eigenvalue weighted by Crippen LogP contribution is -2.57. The molecule has 0 spiro atoms. The van der Waals surface area contributed by atoms with Crippen molar-refractivity contribution in [3.63, 3.8) is 0 Å². The number of rotatable bonds is 9. The number of nitrogens with one attached hydrogen (secondary N) is 1. The zero-order chi connectivity index (χ0) is 17.3. The lowest BCUT2D eigenvalue weighted by atomic mass is 10.5. The summed E-state index contributed by atoms with van der Waals surface area (Å²) in [5.41, 5.74) is 16.6. The number of azide groups is 2. The van der Waals surface area contributed by atoms with Gasteiger partial charge in [0, 0.05) is 31.2 Å². The van der Waals surface area contributed by atoms with Crippen LogP contribution in [0, 0.1) is 0 Å². The van der Waals surface area contributed by atoms with Gasteiger partial charge in [0.05, 0.1) is 5.67 Å². The monoisotopic (exact) mass is 340 g/mol. The normalized spacial score (nSPS) is 12.0. The van der Waals surface area contributed by atoms with E-state index in [1.807, 2.05) is 6.92 Å². The first kappa shape index (κ1) is 18.6. The predicted molar refractivity (Wildman–Crippen MR) is 81.9 cm³/mol. The van der Waals surface area contributed by atoms with E-state index in [1.54, 1.807) is 0 Å². The van der Waals surface area contributed by atoms with E-state index in [-0.39, 0.29) is 23.5 Å². The van der Waals surface area contributed by atoms with Crippen LogP contribution in [0.2, 0.25) is 0 Å². The average Bonchev–Trinajstić information content (AvgIpc) is 2.56. The first-order valence-electron chi connectivity index (χ1n) is 6.37. The van der Waals surface area contributed by atoms with Crippen molar-refractivity contribution in [1.82, 2.24) is 15.0 Å².